The van der Waals surface area contributed by atoms with Crippen molar-refractivity contribution in [2.24, 2.45) is 0 Å². The fraction of sp³-hybridized carbons (Fsp3) is 0.409. The normalized spacial score (nSPS) is 17.7. The summed E-state index contributed by atoms with van der Waals surface area (Å²) in [6, 6.07) is 14.2. The van der Waals surface area contributed by atoms with Crippen molar-refractivity contribution in [3.05, 3.63) is 60.2 Å². The quantitative estimate of drug-likeness (QED) is 0.641. The number of aryl methyl sites for hydroxylation is 1. The van der Waals surface area contributed by atoms with E-state index in [-0.39, 0.29) is 29.1 Å². The highest BCUT2D eigenvalue weighted by molar-refractivity contribution is 7.89. The summed E-state index contributed by atoms with van der Waals surface area (Å²) in [5, 5.41) is 2.91. The summed E-state index contributed by atoms with van der Waals surface area (Å²) in [6.45, 7) is -0.992. The zero-order valence-electron chi connectivity index (χ0n) is 17.3. The van der Waals surface area contributed by atoms with Crippen LogP contribution < -0.4 is 10.1 Å². The molecule has 6 nitrogen and oxygen atoms in total. The summed E-state index contributed by atoms with van der Waals surface area (Å²) in [5.41, 5.74) is 1.05. The van der Waals surface area contributed by atoms with Crippen molar-refractivity contribution >= 4 is 15.9 Å². The summed E-state index contributed by atoms with van der Waals surface area (Å²) in [5.74, 6) is -0.201. The van der Waals surface area contributed by atoms with E-state index in [0.717, 1.165) is 5.56 Å². The number of sulfonamides is 1. The van der Waals surface area contributed by atoms with Crippen molar-refractivity contribution in [2.75, 3.05) is 19.7 Å². The third kappa shape index (κ3) is 6.96. The van der Waals surface area contributed by atoms with Crippen LogP contribution in [0.2, 0.25) is 0 Å². The molecule has 0 bridgehead atoms. The first-order valence-electron chi connectivity index (χ1n) is 10.3. The zero-order valence-corrected chi connectivity index (χ0v) is 18.2. The number of carbonyl (C=O) groups is 1. The lowest BCUT2D eigenvalue weighted by Crippen LogP contribution is -2.49. The number of halogens is 3. The van der Waals surface area contributed by atoms with Crippen molar-refractivity contribution in [1.29, 1.82) is 0 Å². The maximum atomic E-state index is 13.0. The molecule has 2 aromatic carbocycles. The van der Waals surface area contributed by atoms with Gasteiger partial charge in [0.15, 0.2) is 6.61 Å². The Hall–Kier alpha value is -2.59. The summed E-state index contributed by atoms with van der Waals surface area (Å²) in [7, 11) is -3.84. The van der Waals surface area contributed by atoms with Crippen molar-refractivity contribution in [2.45, 2.75) is 42.8 Å². The molecule has 1 atom stereocenters. The van der Waals surface area contributed by atoms with Crippen LogP contribution in [0.25, 0.3) is 0 Å². The molecule has 1 saturated heterocycles. The van der Waals surface area contributed by atoms with E-state index >= 15 is 0 Å². The lowest BCUT2D eigenvalue weighted by molar-refractivity contribution is -0.153. The van der Waals surface area contributed by atoms with E-state index in [9.17, 15) is 26.4 Å². The smallest absolute Gasteiger partial charge is 0.422 e. The highest BCUT2D eigenvalue weighted by Crippen LogP contribution is 2.24. The van der Waals surface area contributed by atoms with Crippen LogP contribution in [0.15, 0.2) is 59.5 Å². The highest BCUT2D eigenvalue weighted by Gasteiger charge is 2.31. The molecule has 0 saturated carbocycles. The number of rotatable bonds is 8. The molecule has 10 heteroatoms. The average molecular weight is 471 g/mol. The largest absolute Gasteiger partial charge is 0.484 e. The molecule has 1 N–H and O–H groups in total. The van der Waals surface area contributed by atoms with Gasteiger partial charge in [-0.1, -0.05) is 30.3 Å². The number of nitrogens with zero attached hydrogens (tertiary/aromatic N) is 1. The first-order chi connectivity index (χ1) is 15.1. The van der Waals surface area contributed by atoms with Gasteiger partial charge in [-0.2, -0.15) is 17.5 Å². The molecule has 1 aliphatic heterocycles. The van der Waals surface area contributed by atoms with E-state index in [1.807, 2.05) is 30.3 Å². The predicted molar refractivity (Wildman–Crippen MR) is 113 cm³/mol. The zero-order chi connectivity index (χ0) is 23.2. The maximum Gasteiger partial charge on any atom is 0.422 e. The number of nitrogens with one attached hydrogen (secondary N) is 1. The minimum atomic E-state index is -4.47. The first-order valence-corrected chi connectivity index (χ1v) is 11.7. The Morgan fingerprint density at radius 2 is 1.78 bits per heavy atom. The topological polar surface area (TPSA) is 75.7 Å². The van der Waals surface area contributed by atoms with Gasteiger partial charge in [0.2, 0.25) is 15.9 Å². The fourth-order valence-electron chi connectivity index (χ4n) is 3.50. The van der Waals surface area contributed by atoms with Gasteiger partial charge in [-0.05, 0) is 49.1 Å². The molecular formula is C22H25F3N2O4S. The molecule has 174 valence electrons. The molecule has 1 aliphatic rings. The van der Waals surface area contributed by atoms with Crippen LogP contribution in [0, 0.1) is 0 Å². The lowest BCUT2D eigenvalue weighted by Gasteiger charge is -2.32. The molecule has 32 heavy (non-hydrogen) atoms. The van der Waals surface area contributed by atoms with Crippen LogP contribution in [0.4, 0.5) is 13.2 Å². The second-order valence-corrected chi connectivity index (χ2v) is 9.57. The SMILES string of the molecule is O=C(CCc1ccccc1)NC1CCCN(S(=O)(=O)c2ccc(OCC(F)(F)F)cc2)C1. The van der Waals surface area contributed by atoms with Crippen LogP contribution >= 0.6 is 0 Å². The molecule has 3 rings (SSSR count). The number of hydrogen-bond acceptors (Lipinski definition) is 4. The molecule has 0 aliphatic carbocycles. The first kappa shape index (κ1) is 24.1. The molecule has 1 heterocycles. The summed E-state index contributed by atoms with van der Waals surface area (Å²) in [4.78, 5) is 12.3. The molecule has 0 aromatic heterocycles. The number of hydrogen-bond donors (Lipinski definition) is 1. The molecule has 1 amide bonds. The minimum Gasteiger partial charge on any atom is -0.484 e. The van der Waals surface area contributed by atoms with Gasteiger partial charge in [-0.15, -0.1) is 0 Å². The number of piperidine rings is 1. The van der Waals surface area contributed by atoms with Crippen LogP contribution in [-0.4, -0.2) is 50.5 Å². The van der Waals surface area contributed by atoms with Gasteiger partial charge in [0, 0.05) is 25.6 Å². The highest BCUT2D eigenvalue weighted by atomic mass is 32.2. The summed E-state index contributed by atoms with van der Waals surface area (Å²) < 4.78 is 68.6. The Kier molecular flexibility index (Phi) is 7.78. The predicted octanol–water partition coefficient (Wildman–Crippen LogP) is 3.53. The van der Waals surface area contributed by atoms with Crippen LogP contribution in [-0.2, 0) is 21.2 Å². The third-order valence-corrected chi connectivity index (χ3v) is 6.98. The Balaban J connectivity index is 1.55. The maximum absolute atomic E-state index is 13.0. The Bertz CT molecular complexity index is 996. The molecule has 2 aromatic rings. The van der Waals surface area contributed by atoms with Gasteiger partial charge in [0.1, 0.15) is 5.75 Å². The molecular weight excluding hydrogens is 445 g/mol. The van der Waals surface area contributed by atoms with Gasteiger partial charge >= 0.3 is 6.18 Å². The second kappa shape index (κ2) is 10.4. The van der Waals surface area contributed by atoms with E-state index in [2.05, 4.69) is 10.1 Å². The van der Waals surface area contributed by atoms with E-state index in [4.69, 9.17) is 0 Å². The lowest BCUT2D eigenvalue weighted by atomic mass is 10.1. The van der Waals surface area contributed by atoms with E-state index in [0.29, 0.717) is 32.2 Å². The van der Waals surface area contributed by atoms with Crippen LogP contribution in [0.1, 0.15) is 24.8 Å². The van der Waals surface area contributed by atoms with Crippen molar-refractivity contribution < 1.29 is 31.1 Å². The van der Waals surface area contributed by atoms with E-state index < -0.39 is 22.8 Å². The molecule has 1 fully saturated rings. The summed E-state index contributed by atoms with van der Waals surface area (Å²) >= 11 is 0. The van der Waals surface area contributed by atoms with Crippen molar-refractivity contribution in [3.63, 3.8) is 0 Å². The number of ether oxygens (including phenoxy) is 1. The third-order valence-electron chi connectivity index (χ3n) is 5.10. The average Bonchev–Trinajstić information content (AvgIpc) is 2.77. The van der Waals surface area contributed by atoms with Crippen molar-refractivity contribution in [1.82, 2.24) is 9.62 Å². The molecule has 0 radical (unpaired) electrons. The van der Waals surface area contributed by atoms with Crippen LogP contribution in [0.5, 0.6) is 5.75 Å². The standard InChI is InChI=1S/C22H25F3N2O4S/c23-22(24,25)16-31-19-9-11-20(12-10-19)32(29,30)27-14-4-7-18(15-27)26-21(28)13-8-17-5-2-1-3-6-17/h1-3,5-6,9-12,18H,4,7-8,13-16H2,(H,26,28). The van der Waals surface area contributed by atoms with E-state index in [1.54, 1.807) is 0 Å². The van der Waals surface area contributed by atoms with Gasteiger partial charge in [-0.3, -0.25) is 4.79 Å². The molecule has 1 unspecified atom stereocenters. The van der Waals surface area contributed by atoms with Crippen molar-refractivity contribution in [3.8, 4) is 5.75 Å². The summed E-state index contributed by atoms with van der Waals surface area (Å²) in [6.07, 6.45) is -2.29. The fourth-order valence-corrected chi connectivity index (χ4v) is 5.03. The number of alkyl halides is 3. The Morgan fingerprint density at radius 3 is 2.44 bits per heavy atom. The minimum absolute atomic E-state index is 0.0343. The molecule has 0 spiro atoms. The van der Waals surface area contributed by atoms with E-state index in [1.165, 1.54) is 28.6 Å². The van der Waals surface area contributed by atoms with Gasteiger partial charge in [0.05, 0.1) is 4.90 Å². The second-order valence-electron chi connectivity index (χ2n) is 7.63. The van der Waals surface area contributed by atoms with Gasteiger partial charge < -0.3 is 10.1 Å². The van der Waals surface area contributed by atoms with Crippen LogP contribution in [0.3, 0.4) is 0 Å². The monoisotopic (exact) mass is 470 g/mol. The number of amides is 1. The number of carbonyl (C=O) groups excluding carboxylic acids is 1. The van der Waals surface area contributed by atoms with Gasteiger partial charge in [-0.25, -0.2) is 8.42 Å². The Morgan fingerprint density at radius 1 is 1.09 bits per heavy atom. The Labute approximate surface area is 185 Å². The van der Waals surface area contributed by atoms with Gasteiger partial charge in [0.25, 0.3) is 0 Å². The number of benzene rings is 2.